The van der Waals surface area contributed by atoms with E-state index in [0.717, 1.165) is 12.2 Å². The fraction of sp³-hybridized carbons (Fsp3) is 0.429. The second-order valence-electron chi connectivity index (χ2n) is 6.53. The standard InChI is InChI=1S/C21H27NO/c1-17-15-19(11-12-21(17)23-2)20(22-13-7-4-8-14-22)16-18-9-5-3-6-10-18/h3,5-6,9-12,15,20H,4,7-8,13-14,16H2,1-2H3. The van der Waals surface area contributed by atoms with Crippen molar-refractivity contribution in [2.45, 2.75) is 38.6 Å². The Morgan fingerprint density at radius 3 is 2.39 bits per heavy atom. The summed E-state index contributed by atoms with van der Waals surface area (Å²) >= 11 is 0. The number of ether oxygens (including phenoxy) is 1. The van der Waals surface area contributed by atoms with E-state index in [2.05, 4.69) is 60.4 Å². The number of likely N-dealkylation sites (tertiary alicyclic amines) is 1. The van der Waals surface area contributed by atoms with E-state index >= 15 is 0 Å². The molecule has 0 saturated carbocycles. The molecule has 1 saturated heterocycles. The van der Waals surface area contributed by atoms with Gasteiger partial charge in [0.2, 0.25) is 0 Å². The highest BCUT2D eigenvalue weighted by Gasteiger charge is 2.23. The maximum Gasteiger partial charge on any atom is 0.121 e. The number of aryl methyl sites for hydroxylation is 1. The largest absolute Gasteiger partial charge is 0.496 e. The number of rotatable bonds is 5. The molecule has 0 aromatic heterocycles. The molecule has 0 spiro atoms. The second-order valence-corrected chi connectivity index (χ2v) is 6.53. The molecule has 2 aromatic carbocycles. The molecule has 0 bridgehead atoms. The number of nitrogens with zero attached hydrogens (tertiary/aromatic N) is 1. The Morgan fingerprint density at radius 1 is 1.00 bits per heavy atom. The second kappa shape index (κ2) is 7.65. The lowest BCUT2D eigenvalue weighted by atomic mass is 9.94. The molecule has 0 aliphatic carbocycles. The highest BCUT2D eigenvalue weighted by molar-refractivity contribution is 5.38. The summed E-state index contributed by atoms with van der Waals surface area (Å²) in [7, 11) is 1.74. The zero-order valence-electron chi connectivity index (χ0n) is 14.3. The first kappa shape index (κ1) is 16.1. The van der Waals surface area contributed by atoms with Crippen molar-refractivity contribution in [1.82, 2.24) is 4.90 Å². The maximum atomic E-state index is 5.43. The van der Waals surface area contributed by atoms with Gasteiger partial charge in [-0.3, -0.25) is 4.90 Å². The Kier molecular flexibility index (Phi) is 5.35. The number of piperidine rings is 1. The summed E-state index contributed by atoms with van der Waals surface area (Å²) in [6, 6.07) is 18.0. The molecule has 1 aliphatic rings. The Morgan fingerprint density at radius 2 is 1.74 bits per heavy atom. The minimum atomic E-state index is 0.460. The number of hydrogen-bond donors (Lipinski definition) is 0. The van der Waals surface area contributed by atoms with Crippen LogP contribution in [0.2, 0.25) is 0 Å². The maximum absolute atomic E-state index is 5.43. The molecular formula is C21H27NO. The van der Waals surface area contributed by atoms with Gasteiger partial charge in [0.15, 0.2) is 0 Å². The van der Waals surface area contributed by atoms with E-state index in [1.165, 1.54) is 49.0 Å². The molecule has 0 radical (unpaired) electrons. The SMILES string of the molecule is COc1ccc(C(Cc2ccccc2)N2CCCCC2)cc1C. The van der Waals surface area contributed by atoms with Crippen molar-refractivity contribution in [3.63, 3.8) is 0 Å². The van der Waals surface area contributed by atoms with Crippen LogP contribution in [0.25, 0.3) is 0 Å². The third kappa shape index (κ3) is 3.94. The molecule has 1 fully saturated rings. The fourth-order valence-corrected chi connectivity index (χ4v) is 3.63. The molecule has 2 aromatic rings. The van der Waals surface area contributed by atoms with Crippen LogP contribution in [0.4, 0.5) is 0 Å². The molecule has 1 unspecified atom stereocenters. The summed E-state index contributed by atoms with van der Waals surface area (Å²) in [5.41, 5.74) is 4.05. The van der Waals surface area contributed by atoms with Crippen LogP contribution in [0.15, 0.2) is 48.5 Å². The minimum absolute atomic E-state index is 0.460. The number of hydrogen-bond acceptors (Lipinski definition) is 2. The van der Waals surface area contributed by atoms with Crippen molar-refractivity contribution in [3.8, 4) is 5.75 Å². The van der Waals surface area contributed by atoms with E-state index in [1.807, 2.05) is 0 Å². The predicted octanol–water partition coefficient (Wildman–Crippen LogP) is 4.77. The summed E-state index contributed by atoms with van der Waals surface area (Å²) in [5.74, 6) is 0.978. The van der Waals surface area contributed by atoms with Gasteiger partial charge in [0, 0.05) is 6.04 Å². The molecule has 0 amide bonds. The Balaban J connectivity index is 1.89. The molecule has 2 heteroatoms. The molecule has 1 aliphatic heterocycles. The topological polar surface area (TPSA) is 12.5 Å². The third-order valence-corrected chi connectivity index (χ3v) is 4.91. The Labute approximate surface area is 140 Å². The number of benzene rings is 2. The van der Waals surface area contributed by atoms with Crippen LogP contribution in [0, 0.1) is 6.92 Å². The van der Waals surface area contributed by atoms with Crippen molar-refractivity contribution in [2.24, 2.45) is 0 Å². The van der Waals surface area contributed by atoms with Gasteiger partial charge in [-0.1, -0.05) is 48.9 Å². The first-order chi connectivity index (χ1) is 11.3. The molecule has 3 rings (SSSR count). The molecule has 0 N–H and O–H groups in total. The van der Waals surface area contributed by atoms with Crippen molar-refractivity contribution in [2.75, 3.05) is 20.2 Å². The van der Waals surface area contributed by atoms with Gasteiger partial charge < -0.3 is 4.74 Å². The van der Waals surface area contributed by atoms with Gasteiger partial charge in [0.05, 0.1) is 7.11 Å². The smallest absolute Gasteiger partial charge is 0.121 e. The molecular weight excluding hydrogens is 282 g/mol. The summed E-state index contributed by atoms with van der Waals surface area (Å²) in [6.45, 7) is 4.56. The summed E-state index contributed by atoms with van der Waals surface area (Å²) in [5, 5.41) is 0. The van der Waals surface area contributed by atoms with E-state index in [1.54, 1.807) is 7.11 Å². The van der Waals surface area contributed by atoms with Gasteiger partial charge in [0.25, 0.3) is 0 Å². The van der Waals surface area contributed by atoms with Crippen molar-refractivity contribution in [3.05, 3.63) is 65.2 Å². The van der Waals surface area contributed by atoms with Crippen molar-refractivity contribution < 1.29 is 4.74 Å². The first-order valence-electron chi connectivity index (χ1n) is 8.70. The summed E-state index contributed by atoms with van der Waals surface area (Å²) in [4.78, 5) is 2.66. The van der Waals surface area contributed by atoms with Crippen molar-refractivity contribution in [1.29, 1.82) is 0 Å². The van der Waals surface area contributed by atoms with Crippen LogP contribution in [0.3, 0.4) is 0 Å². The van der Waals surface area contributed by atoms with Crippen LogP contribution in [-0.4, -0.2) is 25.1 Å². The van der Waals surface area contributed by atoms with Gasteiger partial charge in [-0.15, -0.1) is 0 Å². The molecule has 2 nitrogen and oxygen atoms in total. The fourth-order valence-electron chi connectivity index (χ4n) is 3.63. The normalized spacial score (nSPS) is 17.0. The average molecular weight is 309 g/mol. The van der Waals surface area contributed by atoms with Crippen LogP contribution in [-0.2, 0) is 6.42 Å². The van der Waals surface area contributed by atoms with Crippen LogP contribution >= 0.6 is 0 Å². The van der Waals surface area contributed by atoms with Crippen molar-refractivity contribution >= 4 is 0 Å². The van der Waals surface area contributed by atoms with E-state index in [4.69, 9.17) is 4.74 Å². The number of methoxy groups -OCH3 is 1. The predicted molar refractivity (Wildman–Crippen MR) is 96.0 cm³/mol. The first-order valence-corrected chi connectivity index (χ1v) is 8.70. The minimum Gasteiger partial charge on any atom is -0.496 e. The molecule has 1 atom stereocenters. The van der Waals surface area contributed by atoms with Gasteiger partial charge in [0.1, 0.15) is 5.75 Å². The van der Waals surface area contributed by atoms with E-state index in [-0.39, 0.29) is 0 Å². The quantitative estimate of drug-likeness (QED) is 0.788. The lowest BCUT2D eigenvalue weighted by Crippen LogP contribution is -2.35. The highest BCUT2D eigenvalue weighted by atomic mass is 16.5. The monoisotopic (exact) mass is 309 g/mol. The van der Waals surface area contributed by atoms with Crippen LogP contribution in [0.1, 0.15) is 42.0 Å². The van der Waals surface area contributed by atoms with Gasteiger partial charge in [-0.05, 0) is 62.0 Å². The van der Waals surface area contributed by atoms with Crippen LogP contribution < -0.4 is 4.74 Å². The Hall–Kier alpha value is -1.80. The third-order valence-electron chi connectivity index (χ3n) is 4.91. The lowest BCUT2D eigenvalue weighted by Gasteiger charge is -2.35. The molecule has 122 valence electrons. The molecule has 23 heavy (non-hydrogen) atoms. The zero-order chi connectivity index (χ0) is 16.1. The zero-order valence-corrected chi connectivity index (χ0v) is 14.3. The average Bonchev–Trinajstić information content (AvgIpc) is 2.61. The van der Waals surface area contributed by atoms with E-state index < -0.39 is 0 Å². The van der Waals surface area contributed by atoms with Crippen LogP contribution in [0.5, 0.6) is 5.75 Å². The molecule has 1 heterocycles. The summed E-state index contributed by atoms with van der Waals surface area (Å²) in [6.07, 6.45) is 5.09. The Bertz CT molecular complexity index is 617. The summed E-state index contributed by atoms with van der Waals surface area (Å²) < 4.78 is 5.43. The van der Waals surface area contributed by atoms with E-state index in [0.29, 0.717) is 6.04 Å². The lowest BCUT2D eigenvalue weighted by molar-refractivity contribution is 0.162. The van der Waals surface area contributed by atoms with Gasteiger partial charge >= 0.3 is 0 Å². The highest BCUT2D eigenvalue weighted by Crippen LogP contribution is 2.31. The van der Waals surface area contributed by atoms with Gasteiger partial charge in [-0.2, -0.15) is 0 Å². The van der Waals surface area contributed by atoms with Gasteiger partial charge in [-0.25, -0.2) is 0 Å². The van der Waals surface area contributed by atoms with E-state index in [9.17, 15) is 0 Å².